The number of nitrogens with zero attached hydrogens (tertiary/aromatic N) is 4. The molecule has 2 rings (SSSR count). The third kappa shape index (κ3) is 9.47. The molecule has 0 aliphatic heterocycles. The third-order valence-electron chi connectivity index (χ3n) is 5.06. The first-order valence-electron chi connectivity index (χ1n) is 11.0. The Kier molecular flexibility index (Phi) is 13.4. The van der Waals surface area contributed by atoms with Crippen LogP contribution < -0.4 is 10.6 Å². The highest BCUT2D eigenvalue weighted by atomic mass is 127. The highest BCUT2D eigenvalue weighted by Gasteiger charge is 2.07. The van der Waals surface area contributed by atoms with Gasteiger partial charge in [-0.3, -0.25) is 4.99 Å². The van der Waals surface area contributed by atoms with Crippen molar-refractivity contribution >= 4 is 29.9 Å². The smallest absolute Gasteiger partial charge is 0.191 e. The first-order valence-corrected chi connectivity index (χ1v) is 11.0. The Morgan fingerprint density at radius 2 is 1.90 bits per heavy atom. The van der Waals surface area contributed by atoms with Gasteiger partial charge in [0.2, 0.25) is 0 Å². The topological polar surface area (TPSA) is 57.5 Å². The lowest BCUT2D eigenvalue weighted by Crippen LogP contribution is -2.42. The number of aromatic nitrogens is 2. The molecule has 0 amide bonds. The number of aliphatic imine (C=N–C) groups is 1. The Hall–Kier alpha value is -1.61. The fourth-order valence-corrected chi connectivity index (χ4v) is 3.29. The minimum Gasteiger partial charge on any atom is -0.357 e. The number of halogens is 1. The van der Waals surface area contributed by atoms with Crippen LogP contribution in [-0.2, 0) is 6.42 Å². The summed E-state index contributed by atoms with van der Waals surface area (Å²) in [5.41, 5.74) is 2.27. The number of hydrogen-bond acceptors (Lipinski definition) is 3. The molecule has 1 aromatic heterocycles. The molecule has 30 heavy (non-hydrogen) atoms. The SMILES string of the molecule is CCNC(=NCCc1cnn(-c2ccccc2)c1)NC(C)CCCN(CC)CC.I. The third-order valence-corrected chi connectivity index (χ3v) is 5.06. The normalized spacial score (nSPS) is 12.5. The lowest BCUT2D eigenvalue weighted by atomic mass is 10.2. The second-order valence-corrected chi connectivity index (χ2v) is 7.35. The summed E-state index contributed by atoms with van der Waals surface area (Å²) in [4.78, 5) is 7.23. The Morgan fingerprint density at radius 3 is 2.57 bits per heavy atom. The summed E-state index contributed by atoms with van der Waals surface area (Å²) in [5, 5.41) is 11.4. The quantitative estimate of drug-likeness (QED) is 0.249. The standard InChI is InChI=1S/C23H38N6.HI/c1-5-24-23(27-20(4)12-11-17-28(6-2)7-3)25-16-15-21-18-26-29(19-21)22-13-9-8-10-14-22;/h8-10,13-14,18-20H,5-7,11-12,15-17H2,1-4H3,(H2,24,25,27);1H. The molecule has 2 aromatic rings. The Labute approximate surface area is 199 Å². The molecule has 1 aromatic carbocycles. The molecule has 0 saturated heterocycles. The molecule has 0 spiro atoms. The molecular formula is C23H39IN6. The number of nitrogens with one attached hydrogen (secondary N) is 2. The van der Waals surface area contributed by atoms with Crippen LogP contribution in [0.25, 0.3) is 5.69 Å². The van der Waals surface area contributed by atoms with Gasteiger partial charge in [0.1, 0.15) is 0 Å². The van der Waals surface area contributed by atoms with Crippen molar-refractivity contribution in [1.82, 2.24) is 25.3 Å². The average molecular weight is 527 g/mol. The molecule has 0 radical (unpaired) electrons. The zero-order chi connectivity index (χ0) is 20.9. The van der Waals surface area contributed by atoms with E-state index in [9.17, 15) is 0 Å². The van der Waals surface area contributed by atoms with Crippen LogP contribution in [-0.4, -0.2) is 59.4 Å². The van der Waals surface area contributed by atoms with Crippen molar-refractivity contribution in [2.24, 2.45) is 4.99 Å². The van der Waals surface area contributed by atoms with Crippen LogP contribution in [0.1, 0.15) is 46.1 Å². The van der Waals surface area contributed by atoms with E-state index >= 15 is 0 Å². The van der Waals surface area contributed by atoms with Crippen LogP contribution in [0, 0.1) is 0 Å². The molecule has 7 heteroatoms. The van der Waals surface area contributed by atoms with Gasteiger partial charge < -0.3 is 15.5 Å². The first-order chi connectivity index (χ1) is 14.2. The van der Waals surface area contributed by atoms with Crippen molar-refractivity contribution in [1.29, 1.82) is 0 Å². The summed E-state index contributed by atoms with van der Waals surface area (Å²) in [5.74, 6) is 0.901. The lowest BCUT2D eigenvalue weighted by Gasteiger charge is -2.21. The van der Waals surface area contributed by atoms with E-state index in [4.69, 9.17) is 4.99 Å². The summed E-state index contributed by atoms with van der Waals surface area (Å²) < 4.78 is 1.92. The van der Waals surface area contributed by atoms with Crippen molar-refractivity contribution in [2.45, 2.75) is 53.0 Å². The van der Waals surface area contributed by atoms with E-state index in [2.05, 4.69) is 66.7 Å². The van der Waals surface area contributed by atoms with Crippen LogP contribution in [0.3, 0.4) is 0 Å². The van der Waals surface area contributed by atoms with Gasteiger partial charge in [-0.25, -0.2) is 4.68 Å². The van der Waals surface area contributed by atoms with Gasteiger partial charge in [-0.1, -0.05) is 32.0 Å². The van der Waals surface area contributed by atoms with Crippen molar-refractivity contribution in [2.75, 3.05) is 32.7 Å². The van der Waals surface area contributed by atoms with E-state index in [0.29, 0.717) is 6.04 Å². The molecule has 0 aliphatic carbocycles. The summed E-state index contributed by atoms with van der Waals surface area (Å²) >= 11 is 0. The van der Waals surface area contributed by atoms with Crippen LogP contribution in [0.15, 0.2) is 47.7 Å². The van der Waals surface area contributed by atoms with E-state index in [1.807, 2.05) is 29.1 Å². The van der Waals surface area contributed by atoms with E-state index in [0.717, 1.165) is 57.2 Å². The molecule has 0 aliphatic rings. The molecular weight excluding hydrogens is 487 g/mol. The maximum atomic E-state index is 4.75. The van der Waals surface area contributed by atoms with Gasteiger partial charge in [-0.2, -0.15) is 5.10 Å². The Balaban J connectivity index is 0.00000450. The monoisotopic (exact) mass is 526 g/mol. The van der Waals surface area contributed by atoms with Gasteiger partial charge in [0, 0.05) is 25.3 Å². The van der Waals surface area contributed by atoms with Crippen molar-refractivity contribution in [3.05, 3.63) is 48.3 Å². The largest absolute Gasteiger partial charge is 0.357 e. The molecule has 1 unspecified atom stereocenters. The van der Waals surface area contributed by atoms with Crippen LogP contribution in [0.5, 0.6) is 0 Å². The summed E-state index contributed by atoms with van der Waals surface area (Å²) in [6, 6.07) is 10.6. The van der Waals surface area contributed by atoms with Gasteiger partial charge in [0.15, 0.2) is 5.96 Å². The average Bonchev–Trinajstić information content (AvgIpc) is 3.21. The zero-order valence-electron chi connectivity index (χ0n) is 19.0. The molecule has 1 heterocycles. The molecule has 6 nitrogen and oxygen atoms in total. The molecule has 0 bridgehead atoms. The second-order valence-electron chi connectivity index (χ2n) is 7.35. The number of rotatable bonds is 12. The van der Waals surface area contributed by atoms with Gasteiger partial charge in [-0.05, 0) is 70.4 Å². The van der Waals surface area contributed by atoms with Gasteiger partial charge in [0.25, 0.3) is 0 Å². The van der Waals surface area contributed by atoms with E-state index in [-0.39, 0.29) is 24.0 Å². The fourth-order valence-electron chi connectivity index (χ4n) is 3.29. The maximum Gasteiger partial charge on any atom is 0.191 e. The second kappa shape index (κ2) is 15.2. The fraction of sp³-hybridized carbons (Fsp3) is 0.565. The summed E-state index contributed by atoms with van der Waals surface area (Å²) in [6.45, 7) is 13.8. The van der Waals surface area contributed by atoms with Gasteiger partial charge >= 0.3 is 0 Å². The molecule has 0 fully saturated rings. The Morgan fingerprint density at radius 1 is 1.17 bits per heavy atom. The van der Waals surface area contributed by atoms with Crippen molar-refractivity contribution in [3.63, 3.8) is 0 Å². The zero-order valence-corrected chi connectivity index (χ0v) is 21.3. The molecule has 168 valence electrons. The van der Waals surface area contributed by atoms with Crippen LogP contribution in [0.2, 0.25) is 0 Å². The molecule has 1 atom stereocenters. The predicted molar refractivity (Wildman–Crippen MR) is 138 cm³/mol. The van der Waals surface area contributed by atoms with Gasteiger partial charge in [-0.15, -0.1) is 24.0 Å². The number of guanidine groups is 1. The Bertz CT molecular complexity index is 711. The molecule has 2 N–H and O–H groups in total. The van der Waals surface area contributed by atoms with E-state index in [1.165, 1.54) is 12.0 Å². The number of hydrogen-bond donors (Lipinski definition) is 2. The van der Waals surface area contributed by atoms with Crippen LogP contribution >= 0.6 is 24.0 Å². The van der Waals surface area contributed by atoms with E-state index in [1.54, 1.807) is 0 Å². The minimum absolute atomic E-state index is 0. The summed E-state index contributed by atoms with van der Waals surface area (Å²) in [6.07, 6.45) is 7.23. The highest BCUT2D eigenvalue weighted by molar-refractivity contribution is 14.0. The summed E-state index contributed by atoms with van der Waals surface area (Å²) in [7, 11) is 0. The highest BCUT2D eigenvalue weighted by Crippen LogP contribution is 2.08. The number of benzene rings is 1. The number of para-hydroxylation sites is 1. The lowest BCUT2D eigenvalue weighted by molar-refractivity contribution is 0.292. The minimum atomic E-state index is 0. The van der Waals surface area contributed by atoms with E-state index < -0.39 is 0 Å². The predicted octanol–water partition coefficient (Wildman–Crippen LogP) is 4.10. The van der Waals surface area contributed by atoms with Gasteiger partial charge in [0.05, 0.1) is 11.9 Å². The van der Waals surface area contributed by atoms with Crippen molar-refractivity contribution < 1.29 is 0 Å². The maximum absolute atomic E-state index is 4.75. The molecule has 0 saturated carbocycles. The first kappa shape index (κ1) is 26.4. The van der Waals surface area contributed by atoms with Crippen molar-refractivity contribution in [3.8, 4) is 5.69 Å². The van der Waals surface area contributed by atoms with Crippen LogP contribution in [0.4, 0.5) is 0 Å².